The molecule has 1 aliphatic heterocycles. The van der Waals surface area contributed by atoms with E-state index in [4.69, 9.17) is 9.47 Å². The van der Waals surface area contributed by atoms with Crippen LogP contribution < -0.4 is 9.47 Å². The number of hydrogen-bond donors (Lipinski definition) is 0. The number of aryl methyl sites for hydroxylation is 1. The van der Waals surface area contributed by atoms with E-state index in [-0.39, 0.29) is 12.3 Å². The molecule has 0 saturated carbocycles. The first kappa shape index (κ1) is 20.6. The molecule has 0 spiro atoms. The molecule has 1 amide bonds. The molecule has 152 valence electrons. The minimum atomic E-state index is -3.48. The van der Waals surface area contributed by atoms with Crippen LogP contribution in [0, 0.1) is 6.92 Å². The summed E-state index contributed by atoms with van der Waals surface area (Å²) in [5.41, 5.74) is 0.826. The number of thiophene rings is 1. The lowest BCUT2D eigenvalue weighted by Crippen LogP contribution is -2.50. The number of methoxy groups -OCH3 is 2. The van der Waals surface area contributed by atoms with E-state index in [1.165, 1.54) is 15.6 Å². The van der Waals surface area contributed by atoms with Crippen LogP contribution in [0.5, 0.6) is 11.5 Å². The Bertz CT molecular complexity index is 947. The van der Waals surface area contributed by atoms with E-state index < -0.39 is 10.0 Å². The molecule has 1 fully saturated rings. The lowest BCUT2D eigenvalue weighted by atomic mass is 10.1. The van der Waals surface area contributed by atoms with E-state index in [1.807, 2.05) is 13.0 Å². The van der Waals surface area contributed by atoms with Crippen molar-refractivity contribution in [3.05, 3.63) is 40.8 Å². The van der Waals surface area contributed by atoms with Gasteiger partial charge in [0.25, 0.3) is 10.0 Å². The van der Waals surface area contributed by atoms with Crippen molar-refractivity contribution in [2.75, 3.05) is 40.4 Å². The Labute approximate surface area is 169 Å². The van der Waals surface area contributed by atoms with Crippen molar-refractivity contribution in [3.63, 3.8) is 0 Å². The fourth-order valence-electron chi connectivity index (χ4n) is 3.13. The van der Waals surface area contributed by atoms with E-state index in [0.717, 1.165) is 10.4 Å². The fraction of sp³-hybridized carbons (Fsp3) is 0.421. The minimum absolute atomic E-state index is 0.0313. The third-order valence-electron chi connectivity index (χ3n) is 4.70. The number of nitrogens with zero attached hydrogens (tertiary/aromatic N) is 2. The number of ether oxygens (including phenoxy) is 2. The summed E-state index contributed by atoms with van der Waals surface area (Å²) in [7, 11) is -0.365. The Hall–Kier alpha value is -2.10. The van der Waals surface area contributed by atoms with Gasteiger partial charge < -0.3 is 14.4 Å². The Kier molecular flexibility index (Phi) is 6.26. The number of carbonyl (C=O) groups excluding carboxylic acids is 1. The van der Waals surface area contributed by atoms with E-state index in [1.54, 1.807) is 43.4 Å². The first-order valence-electron chi connectivity index (χ1n) is 8.90. The molecule has 2 heterocycles. The van der Waals surface area contributed by atoms with E-state index >= 15 is 0 Å². The number of carbonyl (C=O) groups is 1. The molecule has 0 aliphatic carbocycles. The smallest absolute Gasteiger partial charge is 0.252 e. The van der Waals surface area contributed by atoms with Crippen LogP contribution in [0.1, 0.15) is 10.4 Å². The number of benzene rings is 1. The summed E-state index contributed by atoms with van der Waals surface area (Å²) < 4.78 is 37.7. The number of piperazine rings is 1. The van der Waals surface area contributed by atoms with Crippen molar-refractivity contribution in [2.24, 2.45) is 0 Å². The SMILES string of the molecule is COc1ccc(CC(=O)N2CCN(S(=O)(=O)c3ccc(C)s3)CC2)cc1OC. The van der Waals surface area contributed by atoms with Crippen LogP contribution in [-0.4, -0.2) is 63.9 Å². The highest BCUT2D eigenvalue weighted by atomic mass is 32.2. The van der Waals surface area contributed by atoms with Crippen molar-refractivity contribution >= 4 is 27.3 Å². The highest BCUT2D eigenvalue weighted by Crippen LogP contribution is 2.28. The normalized spacial score (nSPS) is 15.5. The van der Waals surface area contributed by atoms with Gasteiger partial charge in [0.1, 0.15) is 4.21 Å². The summed E-state index contributed by atoms with van der Waals surface area (Å²) in [6.45, 7) is 3.26. The van der Waals surface area contributed by atoms with Crippen molar-refractivity contribution < 1.29 is 22.7 Å². The van der Waals surface area contributed by atoms with Gasteiger partial charge in [0, 0.05) is 31.1 Å². The van der Waals surface area contributed by atoms with Crippen molar-refractivity contribution in [1.29, 1.82) is 0 Å². The fourth-order valence-corrected chi connectivity index (χ4v) is 5.99. The molecule has 1 saturated heterocycles. The molecule has 28 heavy (non-hydrogen) atoms. The van der Waals surface area contributed by atoms with Gasteiger partial charge in [0.2, 0.25) is 5.91 Å². The van der Waals surface area contributed by atoms with Crippen molar-refractivity contribution in [1.82, 2.24) is 9.21 Å². The molecular weight excluding hydrogens is 400 g/mol. The molecule has 7 nitrogen and oxygen atoms in total. The molecule has 1 aromatic carbocycles. The lowest BCUT2D eigenvalue weighted by Gasteiger charge is -2.33. The van der Waals surface area contributed by atoms with Gasteiger partial charge in [-0.3, -0.25) is 4.79 Å². The first-order chi connectivity index (χ1) is 13.3. The highest BCUT2D eigenvalue weighted by molar-refractivity contribution is 7.91. The van der Waals surface area contributed by atoms with Crippen molar-refractivity contribution in [3.8, 4) is 11.5 Å². The minimum Gasteiger partial charge on any atom is -0.493 e. The topological polar surface area (TPSA) is 76.2 Å². The molecule has 0 N–H and O–H groups in total. The van der Waals surface area contributed by atoms with Gasteiger partial charge in [-0.05, 0) is 36.8 Å². The van der Waals surface area contributed by atoms with E-state index in [2.05, 4.69) is 0 Å². The molecule has 3 rings (SSSR count). The third kappa shape index (κ3) is 4.31. The standard InChI is InChI=1S/C19H24N2O5S2/c1-14-4-7-19(27-14)28(23,24)21-10-8-20(9-11-21)18(22)13-15-5-6-16(25-2)17(12-15)26-3/h4-7,12H,8-11,13H2,1-3H3. The Morgan fingerprint density at radius 1 is 1.04 bits per heavy atom. The van der Waals surface area contributed by atoms with Gasteiger partial charge in [-0.2, -0.15) is 4.31 Å². The number of amides is 1. The van der Waals surface area contributed by atoms with Gasteiger partial charge in [-0.25, -0.2) is 8.42 Å². The summed E-state index contributed by atoms with van der Waals surface area (Å²) in [6.07, 6.45) is 0.233. The zero-order valence-corrected chi connectivity index (χ0v) is 17.8. The van der Waals surface area contributed by atoms with Gasteiger partial charge in [-0.15, -0.1) is 11.3 Å². The zero-order valence-electron chi connectivity index (χ0n) is 16.2. The molecule has 0 bridgehead atoms. The Morgan fingerprint density at radius 3 is 2.29 bits per heavy atom. The average molecular weight is 425 g/mol. The van der Waals surface area contributed by atoms with Crippen LogP contribution >= 0.6 is 11.3 Å². The lowest BCUT2D eigenvalue weighted by molar-refractivity contribution is -0.131. The van der Waals surface area contributed by atoms with Gasteiger partial charge >= 0.3 is 0 Å². The number of sulfonamides is 1. The van der Waals surface area contributed by atoms with Crippen LogP contribution in [0.2, 0.25) is 0 Å². The summed E-state index contributed by atoms with van der Waals surface area (Å²) in [5, 5.41) is 0. The van der Waals surface area contributed by atoms with Gasteiger partial charge in [-0.1, -0.05) is 6.07 Å². The average Bonchev–Trinajstić information content (AvgIpc) is 3.15. The first-order valence-corrected chi connectivity index (χ1v) is 11.2. The maximum atomic E-state index is 12.7. The van der Waals surface area contributed by atoms with Crippen LogP contribution in [-0.2, 0) is 21.2 Å². The second-order valence-corrected chi connectivity index (χ2v) is 9.97. The predicted molar refractivity (Wildman–Crippen MR) is 108 cm³/mol. The molecule has 1 aliphatic rings. The van der Waals surface area contributed by atoms with E-state index in [0.29, 0.717) is 41.9 Å². The van der Waals surface area contributed by atoms with Crippen LogP contribution in [0.25, 0.3) is 0 Å². The number of hydrogen-bond acceptors (Lipinski definition) is 6. The molecule has 1 aromatic heterocycles. The molecule has 0 unspecified atom stereocenters. The van der Waals surface area contributed by atoms with Crippen LogP contribution in [0.15, 0.2) is 34.5 Å². The maximum absolute atomic E-state index is 12.7. The second kappa shape index (κ2) is 8.50. The second-order valence-electron chi connectivity index (χ2n) is 6.52. The van der Waals surface area contributed by atoms with Gasteiger partial charge in [0.05, 0.1) is 20.6 Å². The summed E-state index contributed by atoms with van der Waals surface area (Å²) in [6, 6.07) is 8.84. The van der Waals surface area contributed by atoms with E-state index in [9.17, 15) is 13.2 Å². The van der Waals surface area contributed by atoms with Crippen LogP contribution in [0.4, 0.5) is 0 Å². The molecular formula is C19H24N2O5S2. The molecule has 2 aromatic rings. The summed E-state index contributed by atoms with van der Waals surface area (Å²) in [5.74, 6) is 1.16. The highest BCUT2D eigenvalue weighted by Gasteiger charge is 2.31. The summed E-state index contributed by atoms with van der Waals surface area (Å²) in [4.78, 5) is 15.3. The quantitative estimate of drug-likeness (QED) is 0.710. The third-order valence-corrected chi connectivity index (χ3v) is 8.07. The zero-order chi connectivity index (χ0) is 20.3. The Morgan fingerprint density at radius 2 is 1.71 bits per heavy atom. The number of rotatable bonds is 6. The summed E-state index contributed by atoms with van der Waals surface area (Å²) >= 11 is 1.27. The largest absolute Gasteiger partial charge is 0.493 e. The molecule has 0 atom stereocenters. The molecule has 9 heteroatoms. The Balaban J connectivity index is 1.61. The van der Waals surface area contributed by atoms with Crippen LogP contribution in [0.3, 0.4) is 0 Å². The molecule has 0 radical (unpaired) electrons. The van der Waals surface area contributed by atoms with Crippen molar-refractivity contribution in [2.45, 2.75) is 17.6 Å². The van der Waals surface area contributed by atoms with Gasteiger partial charge in [0.15, 0.2) is 11.5 Å². The maximum Gasteiger partial charge on any atom is 0.252 e. The monoisotopic (exact) mass is 424 g/mol. The predicted octanol–water partition coefficient (Wildman–Crippen LogP) is 2.15.